The zero-order valence-electron chi connectivity index (χ0n) is 18.5. The fourth-order valence-corrected chi connectivity index (χ4v) is 5.16. The Morgan fingerprint density at radius 3 is 2.66 bits per heavy atom. The van der Waals surface area contributed by atoms with Gasteiger partial charge in [0, 0.05) is 20.6 Å². The average Bonchev–Trinajstić information content (AvgIpc) is 3.19. The molecule has 1 N–H and O–H groups in total. The third-order valence-electron chi connectivity index (χ3n) is 5.94. The number of fused-ring (bicyclic) bond motifs is 3. The maximum atomic E-state index is 13.4. The lowest BCUT2D eigenvalue weighted by Crippen LogP contribution is -2.57. The monoisotopic (exact) mass is 460 g/mol. The first-order valence-corrected chi connectivity index (χ1v) is 12.1. The molecule has 2 aromatic rings. The number of benzene rings is 1. The first kappa shape index (κ1) is 22.3. The Balaban J connectivity index is 1.64. The van der Waals surface area contributed by atoms with Gasteiger partial charge >= 0.3 is 0 Å². The Morgan fingerprint density at radius 2 is 1.97 bits per heavy atom. The van der Waals surface area contributed by atoms with Crippen LogP contribution in [0.3, 0.4) is 0 Å². The van der Waals surface area contributed by atoms with Gasteiger partial charge in [-0.15, -0.1) is 0 Å². The predicted octanol–water partition coefficient (Wildman–Crippen LogP) is 1.86. The van der Waals surface area contributed by atoms with E-state index in [2.05, 4.69) is 5.32 Å². The number of anilines is 2. The lowest BCUT2D eigenvalue weighted by molar-refractivity contribution is -0.125. The van der Waals surface area contributed by atoms with E-state index in [-0.39, 0.29) is 35.8 Å². The second kappa shape index (κ2) is 8.59. The molecule has 0 spiro atoms. The lowest BCUT2D eigenvalue weighted by Gasteiger charge is -2.45. The highest BCUT2D eigenvalue weighted by atomic mass is 32.2. The number of carbonyl (C=O) groups is 2. The highest BCUT2D eigenvalue weighted by molar-refractivity contribution is 7.89. The summed E-state index contributed by atoms with van der Waals surface area (Å²) < 4.78 is 32.0. The smallest absolute Gasteiger partial charge is 0.250 e. The zero-order chi connectivity index (χ0) is 23.0. The van der Waals surface area contributed by atoms with Gasteiger partial charge in [0.25, 0.3) is 0 Å². The third-order valence-corrected chi connectivity index (χ3v) is 7.75. The molecule has 1 atom stereocenters. The number of rotatable bonds is 6. The Kier molecular flexibility index (Phi) is 6.00. The highest BCUT2D eigenvalue weighted by Gasteiger charge is 2.40. The SMILES string of the molecule is Cc1ccc(CNC(=O)CN2C(=O)[C@@H]3CCCCN3c3ccc(S(=O)(=O)N(C)C)cc32)o1. The summed E-state index contributed by atoms with van der Waals surface area (Å²) in [6.45, 7) is 2.57. The summed E-state index contributed by atoms with van der Waals surface area (Å²) in [5.41, 5.74) is 1.22. The standard InChI is InChI=1S/C22H28N4O5S/c1-15-7-8-16(31-15)13-23-21(27)14-26-20-12-17(32(29,30)24(2)3)9-10-18(20)25-11-5-4-6-19(25)22(26)28/h7-10,12,19H,4-6,11,13-14H2,1-3H3,(H,23,27)/t19-/m0/s1. The normalized spacial score (nSPS) is 18.5. The fraction of sp³-hybridized carbons (Fsp3) is 0.455. The van der Waals surface area contributed by atoms with Gasteiger partial charge in [0.2, 0.25) is 21.8 Å². The van der Waals surface area contributed by atoms with E-state index >= 15 is 0 Å². The van der Waals surface area contributed by atoms with Crippen LogP contribution in [0.25, 0.3) is 0 Å². The van der Waals surface area contributed by atoms with Crippen molar-refractivity contribution in [1.29, 1.82) is 0 Å². The van der Waals surface area contributed by atoms with Crippen LogP contribution in [-0.2, 0) is 26.2 Å². The molecule has 2 aliphatic rings. The summed E-state index contributed by atoms with van der Waals surface area (Å²) in [6.07, 6.45) is 2.61. The molecule has 0 aliphatic carbocycles. The van der Waals surface area contributed by atoms with Crippen LogP contribution < -0.4 is 15.1 Å². The maximum Gasteiger partial charge on any atom is 0.250 e. The van der Waals surface area contributed by atoms with E-state index in [9.17, 15) is 18.0 Å². The number of nitrogens with zero attached hydrogens (tertiary/aromatic N) is 3. The van der Waals surface area contributed by atoms with Gasteiger partial charge in [-0.25, -0.2) is 12.7 Å². The Labute approximate surface area is 188 Å². The summed E-state index contributed by atoms with van der Waals surface area (Å²) >= 11 is 0. The summed E-state index contributed by atoms with van der Waals surface area (Å²) in [6, 6.07) is 8.07. The fourth-order valence-electron chi connectivity index (χ4n) is 4.24. The summed E-state index contributed by atoms with van der Waals surface area (Å²) in [5.74, 6) is 0.851. The van der Waals surface area contributed by atoms with Crippen LogP contribution in [0.2, 0.25) is 0 Å². The molecule has 0 saturated carbocycles. The minimum absolute atomic E-state index is 0.0842. The third kappa shape index (κ3) is 4.12. The maximum absolute atomic E-state index is 13.4. The van der Waals surface area contributed by atoms with Gasteiger partial charge < -0.3 is 14.6 Å². The Hall–Kier alpha value is -2.85. The van der Waals surface area contributed by atoms with Crippen molar-refractivity contribution in [2.75, 3.05) is 37.0 Å². The molecule has 2 aliphatic heterocycles. The van der Waals surface area contributed by atoms with E-state index in [1.165, 1.54) is 25.1 Å². The quantitative estimate of drug-likeness (QED) is 0.706. The van der Waals surface area contributed by atoms with Crippen molar-refractivity contribution in [2.45, 2.75) is 43.7 Å². The summed E-state index contributed by atoms with van der Waals surface area (Å²) in [4.78, 5) is 29.6. The van der Waals surface area contributed by atoms with Crippen LogP contribution in [0.4, 0.5) is 11.4 Å². The van der Waals surface area contributed by atoms with Gasteiger partial charge in [-0.2, -0.15) is 0 Å². The van der Waals surface area contributed by atoms with Crippen molar-refractivity contribution in [3.8, 4) is 0 Å². The topological polar surface area (TPSA) is 103 Å². The number of nitrogens with one attached hydrogen (secondary N) is 1. The van der Waals surface area contributed by atoms with Crippen molar-refractivity contribution < 1.29 is 22.4 Å². The lowest BCUT2D eigenvalue weighted by atomic mass is 9.96. The predicted molar refractivity (Wildman–Crippen MR) is 120 cm³/mol. The van der Waals surface area contributed by atoms with Gasteiger partial charge in [0.05, 0.1) is 22.8 Å². The van der Waals surface area contributed by atoms with Crippen molar-refractivity contribution in [2.24, 2.45) is 0 Å². The van der Waals surface area contributed by atoms with Crippen molar-refractivity contribution >= 4 is 33.2 Å². The van der Waals surface area contributed by atoms with Crippen molar-refractivity contribution in [3.63, 3.8) is 0 Å². The molecule has 0 bridgehead atoms. The van der Waals surface area contributed by atoms with Crippen LogP contribution >= 0.6 is 0 Å². The summed E-state index contributed by atoms with van der Waals surface area (Å²) in [7, 11) is -0.768. The molecule has 4 rings (SSSR count). The number of piperidine rings is 1. The van der Waals surface area contributed by atoms with E-state index in [1.54, 1.807) is 18.2 Å². The molecule has 0 radical (unpaired) electrons. The summed E-state index contributed by atoms with van der Waals surface area (Å²) in [5, 5.41) is 2.78. The molecule has 1 aromatic carbocycles. The second-order valence-corrected chi connectivity index (χ2v) is 10.5. The molecule has 0 unspecified atom stereocenters. The van der Waals surface area contributed by atoms with Gasteiger partial charge in [-0.1, -0.05) is 0 Å². The highest BCUT2D eigenvalue weighted by Crippen LogP contribution is 2.40. The molecule has 2 amide bonds. The minimum atomic E-state index is -3.69. The van der Waals surface area contributed by atoms with E-state index in [0.717, 1.165) is 35.1 Å². The van der Waals surface area contributed by atoms with Crippen LogP contribution in [0.5, 0.6) is 0 Å². The van der Waals surface area contributed by atoms with E-state index in [4.69, 9.17) is 4.42 Å². The molecule has 1 saturated heterocycles. The van der Waals surface area contributed by atoms with Gasteiger partial charge in [0.1, 0.15) is 24.1 Å². The van der Waals surface area contributed by atoms with Gasteiger partial charge in [-0.05, 0) is 56.5 Å². The van der Waals surface area contributed by atoms with Crippen LogP contribution in [0.15, 0.2) is 39.6 Å². The van der Waals surface area contributed by atoms with E-state index in [0.29, 0.717) is 17.9 Å². The molecule has 1 aromatic heterocycles. The number of sulfonamides is 1. The largest absolute Gasteiger partial charge is 0.465 e. The molecular formula is C22H28N4O5S. The Morgan fingerprint density at radius 1 is 1.19 bits per heavy atom. The van der Waals surface area contributed by atoms with Crippen LogP contribution in [0.1, 0.15) is 30.8 Å². The van der Waals surface area contributed by atoms with Crippen molar-refractivity contribution in [3.05, 3.63) is 41.9 Å². The Bertz CT molecular complexity index is 1140. The number of hydrogen-bond acceptors (Lipinski definition) is 6. The molecular weight excluding hydrogens is 432 g/mol. The number of amides is 2. The van der Waals surface area contributed by atoms with Gasteiger partial charge in [-0.3, -0.25) is 14.5 Å². The number of aryl methyl sites for hydroxylation is 1. The van der Waals surface area contributed by atoms with Crippen LogP contribution in [-0.4, -0.2) is 57.8 Å². The number of carbonyl (C=O) groups excluding carboxylic acids is 2. The molecule has 9 nitrogen and oxygen atoms in total. The molecule has 32 heavy (non-hydrogen) atoms. The van der Waals surface area contributed by atoms with Crippen LogP contribution in [0, 0.1) is 6.92 Å². The first-order chi connectivity index (χ1) is 15.2. The molecule has 10 heteroatoms. The molecule has 3 heterocycles. The molecule has 172 valence electrons. The average molecular weight is 461 g/mol. The first-order valence-electron chi connectivity index (χ1n) is 10.6. The number of hydrogen-bond donors (Lipinski definition) is 1. The molecule has 1 fully saturated rings. The van der Waals surface area contributed by atoms with Crippen molar-refractivity contribution in [1.82, 2.24) is 9.62 Å². The second-order valence-electron chi connectivity index (χ2n) is 8.36. The van der Waals surface area contributed by atoms with E-state index < -0.39 is 10.0 Å². The number of furan rings is 1. The minimum Gasteiger partial charge on any atom is -0.465 e. The van der Waals surface area contributed by atoms with E-state index in [1.807, 2.05) is 17.9 Å². The van der Waals surface area contributed by atoms with Gasteiger partial charge in [0.15, 0.2) is 0 Å². The zero-order valence-corrected chi connectivity index (χ0v) is 19.3.